The van der Waals surface area contributed by atoms with Gasteiger partial charge < -0.3 is 9.47 Å². The van der Waals surface area contributed by atoms with E-state index in [2.05, 4.69) is 4.98 Å². The molecule has 1 atom stereocenters. The minimum Gasteiger partial charge on any atom is -0.481 e. The van der Waals surface area contributed by atoms with E-state index in [9.17, 15) is 9.18 Å². The highest BCUT2D eigenvalue weighted by atomic mass is 32.1. The molecule has 0 bridgehead atoms. The first kappa shape index (κ1) is 21.3. The average Bonchev–Trinajstić information content (AvgIpc) is 3.25. The lowest BCUT2D eigenvalue weighted by Crippen LogP contribution is -2.37. The van der Waals surface area contributed by atoms with Crippen LogP contribution >= 0.6 is 11.3 Å². The maximum absolute atomic E-state index is 14.0. The number of benzene rings is 3. The second kappa shape index (κ2) is 9.04. The topological polar surface area (TPSA) is 75.5 Å². The second-order valence-corrected chi connectivity index (χ2v) is 7.96. The summed E-state index contributed by atoms with van der Waals surface area (Å²) in [6.07, 6.45) is -0.741. The van der Waals surface area contributed by atoms with Crippen LogP contribution in [0.1, 0.15) is 12.5 Å². The van der Waals surface area contributed by atoms with E-state index in [0.717, 1.165) is 16.3 Å². The van der Waals surface area contributed by atoms with Crippen molar-refractivity contribution in [3.05, 3.63) is 78.1 Å². The Hall–Kier alpha value is -3.96. The minimum absolute atomic E-state index is 0.0127. The molecule has 0 aliphatic rings. The summed E-state index contributed by atoms with van der Waals surface area (Å²) in [4.78, 5) is 18.8. The third-order valence-electron chi connectivity index (χ3n) is 4.67. The van der Waals surface area contributed by atoms with Gasteiger partial charge in [-0.3, -0.25) is 9.69 Å². The highest BCUT2D eigenvalue weighted by molar-refractivity contribution is 7.22. The van der Waals surface area contributed by atoms with Crippen molar-refractivity contribution in [3.63, 3.8) is 0 Å². The molecule has 0 saturated carbocycles. The third kappa shape index (κ3) is 4.53. The molecule has 0 N–H and O–H groups in total. The number of rotatable bonds is 6. The molecule has 0 saturated heterocycles. The van der Waals surface area contributed by atoms with Gasteiger partial charge in [0, 0.05) is 7.05 Å². The van der Waals surface area contributed by atoms with Crippen LogP contribution < -0.4 is 14.4 Å². The zero-order valence-electron chi connectivity index (χ0n) is 17.3. The summed E-state index contributed by atoms with van der Waals surface area (Å²) in [5.41, 5.74) is 1.06. The number of aromatic nitrogens is 1. The van der Waals surface area contributed by atoms with Crippen molar-refractivity contribution in [3.8, 4) is 23.3 Å². The van der Waals surface area contributed by atoms with E-state index in [1.165, 1.54) is 28.4 Å². The van der Waals surface area contributed by atoms with Crippen molar-refractivity contribution in [1.29, 1.82) is 5.26 Å². The molecule has 1 unspecified atom stereocenters. The largest absolute Gasteiger partial charge is 0.481 e. The molecule has 1 amide bonds. The molecule has 6 nitrogen and oxygen atoms in total. The van der Waals surface area contributed by atoms with Gasteiger partial charge in [0.15, 0.2) is 22.8 Å². The smallest absolute Gasteiger partial charge is 0.269 e. The maximum atomic E-state index is 14.0. The van der Waals surface area contributed by atoms with E-state index in [0.29, 0.717) is 16.6 Å². The van der Waals surface area contributed by atoms with Gasteiger partial charge in [0.2, 0.25) is 0 Å². The fourth-order valence-corrected chi connectivity index (χ4v) is 3.92. The predicted molar refractivity (Wildman–Crippen MR) is 121 cm³/mol. The number of fused-ring (bicyclic) bond motifs is 1. The summed E-state index contributed by atoms with van der Waals surface area (Å²) in [5, 5.41) is 9.41. The van der Waals surface area contributed by atoms with Crippen LogP contribution in [0.3, 0.4) is 0 Å². The third-order valence-corrected chi connectivity index (χ3v) is 5.79. The molecular formula is C24H18FN3O3S. The Kier molecular flexibility index (Phi) is 6.01. The van der Waals surface area contributed by atoms with Crippen molar-refractivity contribution in [2.75, 3.05) is 11.9 Å². The van der Waals surface area contributed by atoms with Crippen molar-refractivity contribution in [1.82, 2.24) is 4.98 Å². The number of hydrogen-bond acceptors (Lipinski definition) is 6. The summed E-state index contributed by atoms with van der Waals surface area (Å²) in [6.45, 7) is 1.67. The van der Waals surface area contributed by atoms with Gasteiger partial charge in [0.1, 0.15) is 11.5 Å². The summed E-state index contributed by atoms with van der Waals surface area (Å²) in [7, 11) is 1.67. The molecule has 0 spiro atoms. The summed E-state index contributed by atoms with van der Waals surface area (Å²) < 4.78 is 26.3. The molecule has 1 aromatic heterocycles. The van der Waals surface area contributed by atoms with Crippen LogP contribution in [-0.2, 0) is 4.79 Å². The number of nitrogens with zero attached hydrogens (tertiary/aromatic N) is 3. The van der Waals surface area contributed by atoms with Crippen molar-refractivity contribution < 1.29 is 18.7 Å². The average molecular weight is 447 g/mol. The van der Waals surface area contributed by atoms with E-state index in [-0.39, 0.29) is 17.2 Å². The zero-order chi connectivity index (χ0) is 22.7. The molecule has 4 rings (SSSR count). The zero-order valence-corrected chi connectivity index (χ0v) is 18.1. The number of para-hydroxylation sites is 1. The van der Waals surface area contributed by atoms with E-state index < -0.39 is 11.9 Å². The van der Waals surface area contributed by atoms with E-state index in [1.54, 1.807) is 38.2 Å². The molecule has 3 aromatic carbocycles. The molecule has 160 valence electrons. The Bertz CT molecular complexity index is 1280. The van der Waals surface area contributed by atoms with Gasteiger partial charge in [-0.15, -0.1) is 0 Å². The minimum atomic E-state index is -0.741. The first-order valence-corrected chi connectivity index (χ1v) is 10.5. The van der Waals surface area contributed by atoms with Crippen molar-refractivity contribution >= 4 is 32.6 Å². The highest BCUT2D eigenvalue weighted by Crippen LogP contribution is 2.29. The number of likely N-dealkylation sites (N-methyl/N-ethyl adjacent to an activating group) is 1. The number of anilines is 1. The van der Waals surface area contributed by atoms with Gasteiger partial charge in [-0.25, -0.2) is 9.37 Å². The van der Waals surface area contributed by atoms with E-state index in [4.69, 9.17) is 14.7 Å². The normalized spacial score (nSPS) is 11.6. The summed E-state index contributed by atoms with van der Waals surface area (Å²) in [5.74, 6) is 0.0203. The standard InChI is InChI=1S/C24H18FN3O3S/c1-15(23(29)28(2)24-27-20-5-3-4-6-22(20)32-24)30-17-8-10-18(11-9-17)31-21-12-7-16(14-26)13-19(21)25/h3-13,15H,1-2H3. The Balaban J connectivity index is 1.40. The summed E-state index contributed by atoms with van der Waals surface area (Å²) >= 11 is 1.44. The Morgan fingerprint density at radius 2 is 1.84 bits per heavy atom. The van der Waals surface area contributed by atoms with Gasteiger partial charge in [0.05, 0.1) is 21.8 Å². The Morgan fingerprint density at radius 3 is 2.53 bits per heavy atom. The molecular weight excluding hydrogens is 429 g/mol. The number of nitriles is 1. The fourth-order valence-electron chi connectivity index (χ4n) is 2.99. The van der Waals surface area contributed by atoms with Crippen LogP contribution in [-0.4, -0.2) is 24.0 Å². The van der Waals surface area contributed by atoms with Crippen LogP contribution in [0.2, 0.25) is 0 Å². The Labute approximate surface area is 188 Å². The number of amides is 1. The molecule has 0 fully saturated rings. The molecule has 0 aliphatic heterocycles. The molecule has 0 radical (unpaired) electrons. The Morgan fingerprint density at radius 1 is 1.12 bits per heavy atom. The number of thiazole rings is 1. The quantitative estimate of drug-likeness (QED) is 0.388. The first-order chi connectivity index (χ1) is 15.4. The maximum Gasteiger partial charge on any atom is 0.269 e. The molecule has 32 heavy (non-hydrogen) atoms. The lowest BCUT2D eigenvalue weighted by molar-refractivity contribution is -0.124. The van der Waals surface area contributed by atoms with Crippen LogP contribution in [0, 0.1) is 17.1 Å². The predicted octanol–water partition coefficient (Wildman–Crippen LogP) is 5.53. The summed E-state index contributed by atoms with van der Waals surface area (Å²) in [6, 6.07) is 20.1. The molecule has 4 aromatic rings. The monoisotopic (exact) mass is 447 g/mol. The van der Waals surface area contributed by atoms with Gasteiger partial charge in [-0.05, 0) is 61.5 Å². The van der Waals surface area contributed by atoms with E-state index >= 15 is 0 Å². The highest BCUT2D eigenvalue weighted by Gasteiger charge is 2.23. The van der Waals surface area contributed by atoms with Gasteiger partial charge in [0.25, 0.3) is 5.91 Å². The second-order valence-electron chi connectivity index (χ2n) is 6.95. The first-order valence-electron chi connectivity index (χ1n) is 9.72. The number of ether oxygens (including phenoxy) is 2. The van der Waals surface area contributed by atoms with Crippen LogP contribution in [0.15, 0.2) is 66.7 Å². The lowest BCUT2D eigenvalue weighted by Gasteiger charge is -2.20. The number of halogens is 1. The molecule has 0 aliphatic carbocycles. The lowest BCUT2D eigenvalue weighted by atomic mass is 10.2. The number of hydrogen-bond donors (Lipinski definition) is 0. The van der Waals surface area contributed by atoms with Crippen molar-refractivity contribution in [2.45, 2.75) is 13.0 Å². The van der Waals surface area contributed by atoms with E-state index in [1.807, 2.05) is 30.3 Å². The van der Waals surface area contributed by atoms with Gasteiger partial charge >= 0.3 is 0 Å². The van der Waals surface area contributed by atoms with Crippen LogP contribution in [0.25, 0.3) is 10.2 Å². The number of carbonyl (C=O) groups excluding carboxylic acids is 1. The van der Waals surface area contributed by atoms with Crippen LogP contribution in [0.4, 0.5) is 9.52 Å². The number of carbonyl (C=O) groups is 1. The van der Waals surface area contributed by atoms with Crippen molar-refractivity contribution in [2.24, 2.45) is 0 Å². The van der Waals surface area contributed by atoms with Gasteiger partial charge in [-0.1, -0.05) is 23.5 Å². The SMILES string of the molecule is CC(Oc1ccc(Oc2ccc(C#N)cc2F)cc1)C(=O)N(C)c1nc2ccccc2s1. The molecule has 1 heterocycles. The molecule has 8 heteroatoms. The fraction of sp³-hybridized carbons (Fsp3) is 0.125. The van der Waals surface area contributed by atoms with Crippen LogP contribution in [0.5, 0.6) is 17.2 Å². The van der Waals surface area contributed by atoms with Gasteiger partial charge in [-0.2, -0.15) is 5.26 Å².